The van der Waals surface area contributed by atoms with E-state index >= 15 is 0 Å². The second kappa shape index (κ2) is 5.72. The van der Waals surface area contributed by atoms with Crippen LogP contribution in [0, 0.1) is 0 Å². The Balaban J connectivity index is 2.34. The third kappa shape index (κ3) is 2.52. The fourth-order valence-electron chi connectivity index (χ4n) is 2.77. The van der Waals surface area contributed by atoms with E-state index in [2.05, 4.69) is 31.0 Å². The highest BCUT2D eigenvalue weighted by molar-refractivity contribution is 5.44. The topological polar surface area (TPSA) is 38.5 Å². The molecule has 1 heterocycles. The summed E-state index contributed by atoms with van der Waals surface area (Å²) >= 11 is 0. The predicted octanol–water partition coefficient (Wildman–Crippen LogP) is 2.31. The number of likely N-dealkylation sites (N-methyl/N-ethyl adjacent to an activating group) is 1. The lowest BCUT2D eigenvalue weighted by atomic mass is 9.91. The standard InChI is InChI=1S/C15H24N2O/c1-4-14-7-11-6-12(9-16)15(18-5-2)8-13(11)10-17(14)3/h6,8,14H,4-5,7,9-10,16H2,1-3H3. The van der Waals surface area contributed by atoms with Gasteiger partial charge in [-0.2, -0.15) is 0 Å². The van der Waals surface area contributed by atoms with E-state index in [9.17, 15) is 0 Å². The molecule has 0 bridgehead atoms. The minimum Gasteiger partial charge on any atom is -0.494 e. The first-order chi connectivity index (χ1) is 8.69. The van der Waals surface area contributed by atoms with Crippen LogP contribution in [0.1, 0.15) is 37.0 Å². The summed E-state index contributed by atoms with van der Waals surface area (Å²) in [6, 6.07) is 5.08. The Bertz CT molecular complexity index is 417. The first-order valence-corrected chi connectivity index (χ1v) is 6.87. The number of hydrogen-bond acceptors (Lipinski definition) is 3. The lowest BCUT2D eigenvalue weighted by molar-refractivity contribution is 0.209. The number of fused-ring (bicyclic) bond motifs is 1. The monoisotopic (exact) mass is 248 g/mol. The van der Waals surface area contributed by atoms with Crippen LogP contribution in [0.25, 0.3) is 0 Å². The molecular formula is C15H24N2O. The van der Waals surface area contributed by atoms with Crippen LogP contribution in [0.4, 0.5) is 0 Å². The lowest BCUT2D eigenvalue weighted by Crippen LogP contribution is -2.37. The van der Waals surface area contributed by atoms with E-state index in [0.717, 1.165) is 24.3 Å². The normalized spacial score (nSPS) is 19.7. The zero-order valence-corrected chi connectivity index (χ0v) is 11.7. The average Bonchev–Trinajstić information content (AvgIpc) is 2.37. The van der Waals surface area contributed by atoms with Gasteiger partial charge in [-0.05, 0) is 44.0 Å². The van der Waals surface area contributed by atoms with Gasteiger partial charge in [-0.3, -0.25) is 4.90 Å². The molecule has 18 heavy (non-hydrogen) atoms. The van der Waals surface area contributed by atoms with Crippen molar-refractivity contribution in [1.82, 2.24) is 4.90 Å². The molecule has 1 aliphatic rings. The molecule has 0 spiro atoms. The maximum absolute atomic E-state index is 5.82. The summed E-state index contributed by atoms with van der Waals surface area (Å²) in [4.78, 5) is 2.43. The Kier molecular flexibility index (Phi) is 4.25. The smallest absolute Gasteiger partial charge is 0.124 e. The number of nitrogens with two attached hydrogens (primary N) is 1. The van der Waals surface area contributed by atoms with Gasteiger partial charge in [0, 0.05) is 24.7 Å². The molecule has 100 valence electrons. The van der Waals surface area contributed by atoms with Crippen molar-refractivity contribution in [1.29, 1.82) is 0 Å². The third-order valence-corrected chi connectivity index (χ3v) is 3.87. The van der Waals surface area contributed by atoms with Crippen LogP contribution >= 0.6 is 0 Å². The molecule has 0 fully saturated rings. The first-order valence-electron chi connectivity index (χ1n) is 6.87. The van der Waals surface area contributed by atoms with Gasteiger partial charge < -0.3 is 10.5 Å². The SMILES string of the molecule is CCOc1cc2c(cc1CN)CC(CC)N(C)C2. The van der Waals surface area contributed by atoms with Crippen LogP contribution in [-0.2, 0) is 19.5 Å². The summed E-state index contributed by atoms with van der Waals surface area (Å²) < 4.78 is 5.68. The number of rotatable bonds is 4. The molecule has 0 amide bonds. The van der Waals surface area contributed by atoms with Gasteiger partial charge in [-0.1, -0.05) is 13.0 Å². The van der Waals surface area contributed by atoms with Gasteiger partial charge in [0.05, 0.1) is 6.61 Å². The molecular weight excluding hydrogens is 224 g/mol. The van der Waals surface area contributed by atoms with Crippen molar-refractivity contribution in [3.05, 3.63) is 28.8 Å². The first kappa shape index (κ1) is 13.4. The van der Waals surface area contributed by atoms with E-state index in [1.807, 2.05) is 6.92 Å². The second-order valence-corrected chi connectivity index (χ2v) is 5.05. The summed E-state index contributed by atoms with van der Waals surface area (Å²) in [5.41, 5.74) is 9.79. The van der Waals surface area contributed by atoms with Crippen LogP contribution in [0.5, 0.6) is 5.75 Å². The molecule has 1 aromatic carbocycles. The van der Waals surface area contributed by atoms with E-state index in [1.54, 1.807) is 0 Å². The van der Waals surface area contributed by atoms with Crippen molar-refractivity contribution >= 4 is 0 Å². The molecule has 0 saturated heterocycles. The van der Waals surface area contributed by atoms with E-state index in [4.69, 9.17) is 10.5 Å². The van der Waals surface area contributed by atoms with Gasteiger partial charge in [-0.25, -0.2) is 0 Å². The second-order valence-electron chi connectivity index (χ2n) is 5.05. The van der Waals surface area contributed by atoms with Crippen molar-refractivity contribution in [2.24, 2.45) is 5.73 Å². The van der Waals surface area contributed by atoms with Crippen LogP contribution in [0.3, 0.4) is 0 Å². The molecule has 2 rings (SSSR count). The quantitative estimate of drug-likeness (QED) is 0.888. The molecule has 3 heteroatoms. The van der Waals surface area contributed by atoms with Crippen molar-refractivity contribution in [2.75, 3.05) is 13.7 Å². The Morgan fingerprint density at radius 3 is 2.72 bits per heavy atom. The molecule has 0 aromatic heterocycles. The Morgan fingerprint density at radius 2 is 2.11 bits per heavy atom. The molecule has 1 aliphatic heterocycles. The van der Waals surface area contributed by atoms with E-state index < -0.39 is 0 Å². The van der Waals surface area contributed by atoms with Gasteiger partial charge >= 0.3 is 0 Å². The van der Waals surface area contributed by atoms with Crippen LogP contribution in [0.15, 0.2) is 12.1 Å². The molecule has 0 saturated carbocycles. The Hall–Kier alpha value is -1.06. The molecule has 3 nitrogen and oxygen atoms in total. The van der Waals surface area contributed by atoms with Crippen LogP contribution in [0.2, 0.25) is 0 Å². The third-order valence-electron chi connectivity index (χ3n) is 3.87. The maximum atomic E-state index is 5.82. The Morgan fingerprint density at radius 1 is 1.33 bits per heavy atom. The van der Waals surface area contributed by atoms with Gasteiger partial charge in [0.25, 0.3) is 0 Å². The fraction of sp³-hybridized carbons (Fsp3) is 0.600. The number of benzene rings is 1. The molecule has 1 atom stereocenters. The summed E-state index contributed by atoms with van der Waals surface area (Å²) in [5, 5.41) is 0. The summed E-state index contributed by atoms with van der Waals surface area (Å²) in [6.07, 6.45) is 2.32. The minimum atomic E-state index is 0.551. The van der Waals surface area contributed by atoms with E-state index in [0.29, 0.717) is 19.2 Å². The molecule has 1 aromatic rings. The van der Waals surface area contributed by atoms with Crippen molar-refractivity contribution in [3.8, 4) is 5.75 Å². The van der Waals surface area contributed by atoms with Gasteiger partial charge in [0.2, 0.25) is 0 Å². The maximum Gasteiger partial charge on any atom is 0.124 e. The van der Waals surface area contributed by atoms with E-state index in [-0.39, 0.29) is 0 Å². The number of hydrogen-bond donors (Lipinski definition) is 1. The fourth-order valence-corrected chi connectivity index (χ4v) is 2.77. The van der Waals surface area contributed by atoms with Crippen LogP contribution < -0.4 is 10.5 Å². The van der Waals surface area contributed by atoms with Crippen molar-refractivity contribution in [3.63, 3.8) is 0 Å². The molecule has 1 unspecified atom stereocenters. The Labute approximate surface area is 110 Å². The average molecular weight is 248 g/mol. The number of ether oxygens (including phenoxy) is 1. The molecule has 0 radical (unpaired) electrons. The van der Waals surface area contributed by atoms with Crippen LogP contribution in [-0.4, -0.2) is 24.6 Å². The summed E-state index contributed by atoms with van der Waals surface area (Å²) in [5.74, 6) is 0.960. The van der Waals surface area contributed by atoms with Crippen molar-refractivity contribution in [2.45, 2.75) is 45.8 Å². The predicted molar refractivity (Wildman–Crippen MR) is 74.8 cm³/mol. The van der Waals surface area contributed by atoms with Gasteiger partial charge in [0.15, 0.2) is 0 Å². The minimum absolute atomic E-state index is 0.551. The highest BCUT2D eigenvalue weighted by Crippen LogP contribution is 2.30. The highest BCUT2D eigenvalue weighted by Gasteiger charge is 2.23. The lowest BCUT2D eigenvalue weighted by Gasteiger charge is -2.34. The number of nitrogens with zero attached hydrogens (tertiary/aromatic N) is 1. The molecule has 0 aliphatic carbocycles. The largest absolute Gasteiger partial charge is 0.494 e. The zero-order valence-electron chi connectivity index (χ0n) is 11.7. The van der Waals surface area contributed by atoms with Crippen molar-refractivity contribution < 1.29 is 4.74 Å². The van der Waals surface area contributed by atoms with Gasteiger partial charge in [-0.15, -0.1) is 0 Å². The summed E-state index contributed by atoms with van der Waals surface area (Å²) in [6.45, 7) is 6.52. The molecule has 2 N–H and O–H groups in total. The zero-order chi connectivity index (χ0) is 13.1. The van der Waals surface area contributed by atoms with E-state index in [1.165, 1.54) is 17.5 Å². The summed E-state index contributed by atoms with van der Waals surface area (Å²) in [7, 11) is 2.20. The van der Waals surface area contributed by atoms with Gasteiger partial charge in [0.1, 0.15) is 5.75 Å². The highest BCUT2D eigenvalue weighted by atomic mass is 16.5.